The van der Waals surface area contributed by atoms with Crippen molar-refractivity contribution in [2.75, 3.05) is 0 Å². The molecule has 0 saturated heterocycles. The molecule has 1 fully saturated rings. The Morgan fingerprint density at radius 3 is 2.44 bits per heavy atom. The number of unbranched alkanes of at least 4 members (excludes halogenated alkanes) is 1. The minimum absolute atomic E-state index is 0.0188. The third-order valence-corrected chi connectivity index (χ3v) is 6.73. The second-order valence-electron chi connectivity index (χ2n) is 9.40. The zero-order valence-corrected chi connectivity index (χ0v) is 20.0. The summed E-state index contributed by atoms with van der Waals surface area (Å²) in [5.74, 6) is -0.0188. The van der Waals surface area contributed by atoms with Crippen LogP contribution in [0.5, 0.6) is 0 Å². The number of para-hydroxylation sites is 1. The van der Waals surface area contributed by atoms with Crippen LogP contribution in [-0.2, 0) is 24.1 Å². The summed E-state index contributed by atoms with van der Waals surface area (Å²) in [4.78, 5) is 38.6. The van der Waals surface area contributed by atoms with Crippen molar-refractivity contribution in [3.63, 3.8) is 0 Å². The largest absolute Gasteiger partial charge is 0.416 e. The molecule has 6 nitrogen and oxygen atoms in total. The predicted molar refractivity (Wildman–Crippen MR) is 132 cm³/mol. The number of benzene rings is 2. The number of fused-ring (bicyclic) bond motifs is 1. The van der Waals surface area contributed by atoms with E-state index in [0.29, 0.717) is 35.7 Å². The summed E-state index contributed by atoms with van der Waals surface area (Å²) >= 11 is 0. The second kappa shape index (κ2) is 11.1. The van der Waals surface area contributed by atoms with Gasteiger partial charge < -0.3 is 5.32 Å². The number of carbonyl (C=O) groups excluding carboxylic acids is 1. The van der Waals surface area contributed by atoms with Gasteiger partial charge in [0.05, 0.1) is 23.0 Å². The Morgan fingerprint density at radius 2 is 1.69 bits per heavy atom. The van der Waals surface area contributed by atoms with Crippen molar-refractivity contribution < 1.29 is 18.0 Å². The van der Waals surface area contributed by atoms with Crippen LogP contribution < -0.4 is 16.6 Å². The van der Waals surface area contributed by atoms with E-state index in [-0.39, 0.29) is 25.0 Å². The van der Waals surface area contributed by atoms with Gasteiger partial charge in [0.25, 0.3) is 5.56 Å². The van der Waals surface area contributed by atoms with Gasteiger partial charge in [0.15, 0.2) is 0 Å². The Bertz CT molecular complexity index is 1340. The minimum atomic E-state index is -4.49. The highest BCUT2D eigenvalue weighted by atomic mass is 19.4. The van der Waals surface area contributed by atoms with Crippen LogP contribution in [0.1, 0.15) is 62.5 Å². The van der Waals surface area contributed by atoms with Crippen molar-refractivity contribution in [3.8, 4) is 0 Å². The second-order valence-corrected chi connectivity index (χ2v) is 9.40. The lowest BCUT2D eigenvalue weighted by Gasteiger charge is -2.22. The normalized spacial score (nSPS) is 14.8. The zero-order chi connectivity index (χ0) is 25.7. The lowest BCUT2D eigenvalue weighted by Crippen LogP contribution is -2.40. The maximum atomic E-state index is 13.3. The number of amides is 1. The predicted octanol–water partition coefficient (Wildman–Crippen LogP) is 4.85. The lowest BCUT2D eigenvalue weighted by atomic mass is 9.95. The molecule has 1 aliphatic rings. The van der Waals surface area contributed by atoms with Crippen molar-refractivity contribution in [1.82, 2.24) is 14.5 Å². The molecule has 1 aromatic heterocycles. The molecular formula is C27H30F3N3O3. The molecule has 0 spiro atoms. The average molecular weight is 502 g/mol. The van der Waals surface area contributed by atoms with Crippen LogP contribution in [0, 0.1) is 0 Å². The van der Waals surface area contributed by atoms with Crippen LogP contribution >= 0.6 is 0 Å². The van der Waals surface area contributed by atoms with E-state index < -0.39 is 23.0 Å². The molecule has 1 aliphatic carbocycles. The van der Waals surface area contributed by atoms with Gasteiger partial charge >= 0.3 is 11.9 Å². The molecule has 2 aromatic carbocycles. The fourth-order valence-corrected chi connectivity index (χ4v) is 4.85. The smallest absolute Gasteiger partial charge is 0.353 e. The van der Waals surface area contributed by atoms with Crippen molar-refractivity contribution in [3.05, 3.63) is 80.5 Å². The maximum Gasteiger partial charge on any atom is 0.416 e. The number of nitrogens with zero attached hydrogens (tertiary/aromatic N) is 2. The number of carbonyl (C=O) groups is 1. The molecule has 0 aliphatic heterocycles. The molecule has 1 saturated carbocycles. The Balaban J connectivity index is 1.51. The van der Waals surface area contributed by atoms with Gasteiger partial charge in [-0.05, 0) is 55.5 Å². The highest BCUT2D eigenvalue weighted by Gasteiger charge is 2.30. The van der Waals surface area contributed by atoms with E-state index in [4.69, 9.17) is 0 Å². The molecular weight excluding hydrogens is 471 g/mol. The van der Waals surface area contributed by atoms with Crippen molar-refractivity contribution in [2.24, 2.45) is 0 Å². The fraction of sp³-hybridized carbons (Fsp3) is 0.444. The first-order valence-electron chi connectivity index (χ1n) is 12.4. The van der Waals surface area contributed by atoms with E-state index in [9.17, 15) is 27.6 Å². The van der Waals surface area contributed by atoms with E-state index in [1.54, 1.807) is 24.3 Å². The summed E-state index contributed by atoms with van der Waals surface area (Å²) in [7, 11) is 0. The first-order valence-corrected chi connectivity index (χ1v) is 12.4. The summed E-state index contributed by atoms with van der Waals surface area (Å²) in [6.45, 7) is 0.0230. The van der Waals surface area contributed by atoms with Gasteiger partial charge in [-0.15, -0.1) is 0 Å². The molecule has 1 N–H and O–H groups in total. The van der Waals surface area contributed by atoms with Gasteiger partial charge in [0, 0.05) is 19.0 Å². The van der Waals surface area contributed by atoms with Crippen LogP contribution in [0.25, 0.3) is 10.9 Å². The highest BCUT2D eigenvalue weighted by Crippen LogP contribution is 2.29. The van der Waals surface area contributed by atoms with Gasteiger partial charge in [-0.3, -0.25) is 18.7 Å². The SMILES string of the molecule is O=C(CCCCn1c(=O)c2ccccc2n(Cc2cccc(C(F)(F)F)c2)c1=O)NC1CCCCC1. The van der Waals surface area contributed by atoms with Crippen LogP contribution in [0.15, 0.2) is 58.1 Å². The summed E-state index contributed by atoms with van der Waals surface area (Å²) < 4.78 is 42.0. The van der Waals surface area contributed by atoms with Crippen LogP contribution in [0.2, 0.25) is 0 Å². The Hall–Kier alpha value is -3.36. The maximum absolute atomic E-state index is 13.3. The van der Waals surface area contributed by atoms with E-state index in [2.05, 4.69) is 5.32 Å². The van der Waals surface area contributed by atoms with Crippen LogP contribution in [0.3, 0.4) is 0 Å². The molecule has 0 radical (unpaired) electrons. The molecule has 9 heteroatoms. The summed E-state index contributed by atoms with van der Waals surface area (Å²) in [5, 5.41) is 3.38. The quantitative estimate of drug-likeness (QED) is 0.449. The number of hydrogen-bond acceptors (Lipinski definition) is 3. The molecule has 0 bridgehead atoms. The van der Waals surface area contributed by atoms with Crippen molar-refractivity contribution in [2.45, 2.75) is 76.7 Å². The first-order chi connectivity index (χ1) is 17.2. The molecule has 4 rings (SSSR count). The molecule has 3 aromatic rings. The number of hydrogen-bond donors (Lipinski definition) is 1. The van der Waals surface area contributed by atoms with Crippen LogP contribution in [0.4, 0.5) is 13.2 Å². The van der Waals surface area contributed by atoms with E-state index in [1.165, 1.54) is 23.1 Å². The minimum Gasteiger partial charge on any atom is -0.353 e. The molecule has 1 heterocycles. The third kappa shape index (κ3) is 6.06. The van der Waals surface area contributed by atoms with Crippen molar-refractivity contribution >= 4 is 16.8 Å². The van der Waals surface area contributed by atoms with E-state index >= 15 is 0 Å². The van der Waals surface area contributed by atoms with Gasteiger partial charge in [-0.25, -0.2) is 4.79 Å². The summed E-state index contributed by atoms with van der Waals surface area (Å²) in [6, 6.07) is 11.6. The first kappa shape index (κ1) is 25.7. The third-order valence-electron chi connectivity index (χ3n) is 6.73. The molecule has 36 heavy (non-hydrogen) atoms. The summed E-state index contributed by atoms with van der Waals surface area (Å²) in [6.07, 6.45) is 2.26. The van der Waals surface area contributed by atoms with E-state index in [1.807, 2.05) is 0 Å². The zero-order valence-electron chi connectivity index (χ0n) is 20.0. The number of halogens is 3. The number of nitrogens with one attached hydrogen (secondary N) is 1. The molecule has 0 atom stereocenters. The topological polar surface area (TPSA) is 73.1 Å². The van der Waals surface area contributed by atoms with Gasteiger partial charge in [-0.1, -0.05) is 43.5 Å². The Morgan fingerprint density at radius 1 is 0.944 bits per heavy atom. The van der Waals surface area contributed by atoms with Crippen LogP contribution in [-0.4, -0.2) is 21.1 Å². The van der Waals surface area contributed by atoms with Crippen molar-refractivity contribution in [1.29, 1.82) is 0 Å². The standard InChI is InChI=1S/C27H30F3N3O3/c28-27(29,30)20-10-8-9-19(17-20)18-33-23-14-5-4-13-22(23)25(35)32(26(33)36)16-7-6-15-24(34)31-21-11-2-1-3-12-21/h4-5,8-10,13-14,17,21H,1-3,6-7,11-12,15-16,18H2,(H,31,34). The fourth-order valence-electron chi connectivity index (χ4n) is 4.85. The molecule has 0 unspecified atom stereocenters. The Labute approximate surface area is 206 Å². The van der Waals surface area contributed by atoms with Gasteiger partial charge in [0.1, 0.15) is 0 Å². The average Bonchev–Trinajstić information content (AvgIpc) is 2.86. The number of alkyl halides is 3. The monoisotopic (exact) mass is 501 g/mol. The van der Waals surface area contributed by atoms with Gasteiger partial charge in [-0.2, -0.15) is 13.2 Å². The number of aromatic nitrogens is 2. The Kier molecular flexibility index (Phi) is 7.96. The van der Waals surface area contributed by atoms with Gasteiger partial charge in [0.2, 0.25) is 5.91 Å². The van der Waals surface area contributed by atoms with E-state index in [0.717, 1.165) is 42.4 Å². The lowest BCUT2D eigenvalue weighted by molar-refractivity contribution is -0.137. The summed E-state index contributed by atoms with van der Waals surface area (Å²) in [5.41, 5.74) is -1.14. The molecule has 1 amide bonds. The highest BCUT2D eigenvalue weighted by molar-refractivity contribution is 5.78. The molecule has 192 valence electrons. The number of rotatable bonds is 8.